The maximum absolute atomic E-state index is 11.9. The smallest absolute Gasteiger partial charge is 0.238 e. The number of nitrogens with two attached hydrogens (primary N) is 1. The molecule has 0 aliphatic carbocycles. The minimum Gasteiger partial charge on any atom is -0.388 e. The normalized spacial score (nSPS) is 11.6. The molecule has 1 aromatic heterocycles. The van der Waals surface area contributed by atoms with E-state index in [0.717, 1.165) is 5.56 Å². The van der Waals surface area contributed by atoms with E-state index in [0.29, 0.717) is 16.8 Å². The molecule has 23 heavy (non-hydrogen) atoms. The van der Waals surface area contributed by atoms with E-state index < -0.39 is 16.6 Å². The second kappa shape index (κ2) is 5.96. The van der Waals surface area contributed by atoms with Crippen LogP contribution >= 0.6 is 0 Å². The van der Waals surface area contributed by atoms with Gasteiger partial charge in [0.15, 0.2) is 5.76 Å². The summed E-state index contributed by atoms with van der Waals surface area (Å²) in [7, 11) is -3.93. The van der Waals surface area contributed by atoms with E-state index >= 15 is 0 Å². The molecule has 0 atom stereocenters. The predicted octanol–water partition coefficient (Wildman–Crippen LogP) is 2.15. The van der Waals surface area contributed by atoms with Crippen LogP contribution in [0.4, 0.5) is 0 Å². The van der Waals surface area contributed by atoms with Crippen LogP contribution in [-0.2, 0) is 16.6 Å². The average molecular weight is 330 g/mol. The number of hydrogen-bond donors (Lipinski definition) is 2. The highest BCUT2D eigenvalue weighted by Crippen LogP contribution is 2.37. The number of rotatable bonds is 4. The summed E-state index contributed by atoms with van der Waals surface area (Å²) < 4.78 is 28.9. The Balaban J connectivity index is 2.32. The van der Waals surface area contributed by atoms with E-state index in [1.807, 2.05) is 30.3 Å². The van der Waals surface area contributed by atoms with Gasteiger partial charge in [0, 0.05) is 11.1 Å². The molecule has 2 aromatic carbocycles. The Morgan fingerprint density at radius 1 is 1.04 bits per heavy atom. The minimum atomic E-state index is -3.93. The number of aliphatic hydroxyl groups excluding tert-OH is 1. The highest BCUT2D eigenvalue weighted by Gasteiger charge is 2.24. The summed E-state index contributed by atoms with van der Waals surface area (Å²) in [6.45, 7) is -0.409. The molecule has 1 heterocycles. The molecule has 3 N–H and O–H groups in total. The summed E-state index contributed by atoms with van der Waals surface area (Å²) in [5.41, 5.74) is 1.96. The van der Waals surface area contributed by atoms with Gasteiger partial charge in [-0.1, -0.05) is 53.7 Å². The van der Waals surface area contributed by atoms with Crippen molar-refractivity contribution in [3.63, 3.8) is 0 Å². The first kappa shape index (κ1) is 15.4. The lowest BCUT2D eigenvalue weighted by atomic mass is 9.99. The van der Waals surface area contributed by atoms with Crippen molar-refractivity contribution >= 4 is 10.0 Å². The highest BCUT2D eigenvalue weighted by molar-refractivity contribution is 7.89. The number of hydrogen-bond acceptors (Lipinski definition) is 5. The van der Waals surface area contributed by atoms with Crippen LogP contribution < -0.4 is 5.14 Å². The van der Waals surface area contributed by atoms with Crippen molar-refractivity contribution in [2.45, 2.75) is 11.5 Å². The molecular weight excluding hydrogens is 316 g/mol. The Bertz CT molecular complexity index is 934. The van der Waals surface area contributed by atoms with Gasteiger partial charge < -0.3 is 9.63 Å². The van der Waals surface area contributed by atoms with Crippen molar-refractivity contribution < 1.29 is 18.0 Å². The maximum Gasteiger partial charge on any atom is 0.238 e. The van der Waals surface area contributed by atoms with Gasteiger partial charge in [0.2, 0.25) is 10.0 Å². The van der Waals surface area contributed by atoms with Crippen molar-refractivity contribution in [3.8, 4) is 22.4 Å². The lowest BCUT2D eigenvalue weighted by molar-refractivity contribution is 0.230. The first-order valence-corrected chi connectivity index (χ1v) is 8.34. The molecule has 0 radical (unpaired) electrons. The van der Waals surface area contributed by atoms with Gasteiger partial charge in [-0.25, -0.2) is 13.6 Å². The fourth-order valence-electron chi connectivity index (χ4n) is 2.42. The van der Waals surface area contributed by atoms with E-state index in [1.165, 1.54) is 6.07 Å². The minimum absolute atomic E-state index is 0.0462. The molecule has 0 saturated carbocycles. The first-order valence-electron chi connectivity index (χ1n) is 6.79. The molecule has 7 heteroatoms. The molecular formula is C16H14N2O4S. The van der Waals surface area contributed by atoms with Crippen LogP contribution in [0.3, 0.4) is 0 Å². The number of aliphatic hydroxyl groups is 1. The Labute approximate surface area is 133 Å². The maximum atomic E-state index is 11.9. The van der Waals surface area contributed by atoms with Crippen molar-refractivity contribution in [3.05, 3.63) is 60.4 Å². The van der Waals surface area contributed by atoms with Crippen LogP contribution in [0.2, 0.25) is 0 Å². The quantitative estimate of drug-likeness (QED) is 0.762. The summed E-state index contributed by atoms with van der Waals surface area (Å²) in [6.07, 6.45) is 0. The Hall–Kier alpha value is -2.48. The molecule has 0 aliphatic heterocycles. The van der Waals surface area contributed by atoms with E-state index in [4.69, 9.17) is 9.66 Å². The van der Waals surface area contributed by atoms with Gasteiger partial charge in [0.05, 0.1) is 10.5 Å². The zero-order valence-corrected chi connectivity index (χ0v) is 12.8. The van der Waals surface area contributed by atoms with Crippen molar-refractivity contribution in [2.75, 3.05) is 0 Å². The second-order valence-corrected chi connectivity index (χ2v) is 6.42. The molecule has 3 rings (SSSR count). The Kier molecular flexibility index (Phi) is 3.99. The molecule has 0 fully saturated rings. The van der Waals surface area contributed by atoms with Gasteiger partial charge in [-0.15, -0.1) is 0 Å². The summed E-state index contributed by atoms with van der Waals surface area (Å²) in [5.74, 6) is 0.181. The fourth-order valence-corrected chi connectivity index (χ4v) is 3.17. The number of aromatic nitrogens is 1. The number of nitrogens with zero attached hydrogens (tertiary/aromatic N) is 1. The lowest BCUT2D eigenvalue weighted by Crippen LogP contribution is -2.13. The largest absolute Gasteiger partial charge is 0.388 e. The third-order valence-electron chi connectivity index (χ3n) is 3.42. The Morgan fingerprint density at radius 3 is 2.35 bits per heavy atom. The molecule has 0 aliphatic rings. The number of benzene rings is 2. The lowest BCUT2D eigenvalue weighted by Gasteiger charge is -2.08. The van der Waals surface area contributed by atoms with E-state index in [-0.39, 0.29) is 10.7 Å². The van der Waals surface area contributed by atoms with E-state index in [1.54, 1.807) is 18.2 Å². The van der Waals surface area contributed by atoms with Crippen LogP contribution in [0.25, 0.3) is 22.4 Å². The predicted molar refractivity (Wildman–Crippen MR) is 84.7 cm³/mol. The van der Waals surface area contributed by atoms with E-state index in [9.17, 15) is 13.5 Å². The molecule has 0 amide bonds. The summed E-state index contributed by atoms with van der Waals surface area (Å²) in [6, 6.07) is 15.4. The second-order valence-electron chi connectivity index (χ2n) is 4.89. The molecule has 3 aromatic rings. The van der Waals surface area contributed by atoms with Gasteiger partial charge in [-0.05, 0) is 6.07 Å². The molecule has 0 bridgehead atoms. The number of primary sulfonamides is 1. The van der Waals surface area contributed by atoms with Crippen LogP contribution in [0.1, 0.15) is 5.76 Å². The van der Waals surface area contributed by atoms with Gasteiger partial charge in [-0.3, -0.25) is 0 Å². The van der Waals surface area contributed by atoms with Crippen LogP contribution in [0.15, 0.2) is 64.0 Å². The first-order chi connectivity index (χ1) is 11.0. The zero-order valence-electron chi connectivity index (χ0n) is 12.0. The van der Waals surface area contributed by atoms with Crippen LogP contribution in [-0.4, -0.2) is 18.7 Å². The molecule has 118 valence electrons. The van der Waals surface area contributed by atoms with Gasteiger partial charge in [0.1, 0.15) is 12.3 Å². The van der Waals surface area contributed by atoms with Gasteiger partial charge in [0.25, 0.3) is 0 Å². The summed E-state index contributed by atoms with van der Waals surface area (Å²) in [5, 5.41) is 18.8. The Morgan fingerprint density at radius 2 is 1.70 bits per heavy atom. The van der Waals surface area contributed by atoms with Crippen LogP contribution in [0, 0.1) is 0 Å². The monoisotopic (exact) mass is 330 g/mol. The van der Waals surface area contributed by atoms with Crippen LogP contribution in [0.5, 0.6) is 0 Å². The third-order valence-corrected chi connectivity index (χ3v) is 4.39. The molecule has 6 nitrogen and oxygen atoms in total. The summed E-state index contributed by atoms with van der Waals surface area (Å²) in [4.78, 5) is -0.0462. The standard InChI is InChI=1S/C16H14N2O4S/c17-23(20,21)14-9-5-4-8-12(14)15-13(10-19)22-18-16(15)11-6-2-1-3-7-11/h1-9,19H,10H2,(H2,17,20,21). The van der Waals surface area contributed by atoms with E-state index in [2.05, 4.69) is 5.16 Å². The number of sulfonamides is 1. The molecule has 0 unspecified atom stereocenters. The van der Waals surface area contributed by atoms with Gasteiger partial charge in [-0.2, -0.15) is 0 Å². The van der Waals surface area contributed by atoms with Gasteiger partial charge >= 0.3 is 0 Å². The topological polar surface area (TPSA) is 106 Å². The molecule has 0 saturated heterocycles. The summed E-state index contributed by atoms with van der Waals surface area (Å²) >= 11 is 0. The third kappa shape index (κ3) is 2.89. The van der Waals surface area contributed by atoms with Crippen molar-refractivity contribution in [1.29, 1.82) is 0 Å². The fraction of sp³-hybridized carbons (Fsp3) is 0.0625. The SMILES string of the molecule is NS(=O)(=O)c1ccccc1-c1c(-c2ccccc2)noc1CO. The zero-order chi connectivity index (χ0) is 16.4. The van der Waals surface area contributed by atoms with Crippen molar-refractivity contribution in [1.82, 2.24) is 5.16 Å². The highest BCUT2D eigenvalue weighted by atomic mass is 32.2. The molecule has 0 spiro atoms. The van der Waals surface area contributed by atoms with Crippen molar-refractivity contribution in [2.24, 2.45) is 5.14 Å². The average Bonchev–Trinajstić information content (AvgIpc) is 2.98.